The van der Waals surface area contributed by atoms with Crippen LogP contribution in [0.25, 0.3) is 0 Å². The summed E-state index contributed by atoms with van der Waals surface area (Å²) in [6.07, 6.45) is 1.46. The number of aromatic nitrogens is 2. The van der Waals surface area contributed by atoms with Gasteiger partial charge < -0.3 is 5.11 Å². The van der Waals surface area contributed by atoms with Gasteiger partial charge >= 0.3 is 5.97 Å². The van der Waals surface area contributed by atoms with E-state index in [1.165, 1.54) is 18.3 Å². The highest BCUT2D eigenvalue weighted by atomic mass is 79.9. The minimum absolute atomic E-state index is 0.166. The van der Waals surface area contributed by atoms with Crippen molar-refractivity contribution in [1.29, 1.82) is 5.26 Å². The van der Waals surface area contributed by atoms with Gasteiger partial charge in [-0.2, -0.15) is 5.26 Å². The second-order valence-corrected chi connectivity index (χ2v) is 5.31. The zero-order valence-corrected chi connectivity index (χ0v) is 11.8. The molecule has 2 aromatic rings. The molecule has 1 aromatic carbocycles. The van der Waals surface area contributed by atoms with Gasteiger partial charge in [-0.05, 0) is 36.0 Å². The van der Waals surface area contributed by atoms with E-state index in [0.29, 0.717) is 10.1 Å². The molecule has 0 aliphatic carbocycles. The second-order valence-electron chi connectivity index (χ2n) is 3.38. The summed E-state index contributed by atoms with van der Waals surface area (Å²) in [5.74, 6) is -1.02. The third-order valence-electron chi connectivity index (χ3n) is 2.12. The number of benzene rings is 1. The van der Waals surface area contributed by atoms with Crippen molar-refractivity contribution in [2.45, 2.75) is 10.1 Å². The first kappa shape index (κ1) is 13.5. The molecule has 0 saturated carbocycles. The van der Waals surface area contributed by atoms with E-state index in [0.717, 1.165) is 16.2 Å². The molecule has 19 heavy (non-hydrogen) atoms. The highest BCUT2D eigenvalue weighted by Crippen LogP contribution is 2.30. The Bertz CT molecular complexity index is 685. The van der Waals surface area contributed by atoms with Crippen molar-refractivity contribution >= 4 is 33.7 Å². The van der Waals surface area contributed by atoms with E-state index in [-0.39, 0.29) is 11.3 Å². The lowest BCUT2D eigenvalue weighted by Gasteiger charge is -2.05. The number of carboxylic acid groups (broad SMARTS) is 1. The molecule has 2 rings (SSSR count). The second kappa shape index (κ2) is 5.82. The van der Waals surface area contributed by atoms with E-state index in [1.807, 2.05) is 6.07 Å². The number of carboxylic acids is 1. The molecule has 0 fully saturated rings. The molecule has 0 radical (unpaired) electrons. The fourth-order valence-electron chi connectivity index (χ4n) is 1.31. The van der Waals surface area contributed by atoms with E-state index in [2.05, 4.69) is 25.9 Å². The molecule has 1 N–H and O–H groups in total. The Morgan fingerprint density at radius 1 is 1.42 bits per heavy atom. The average Bonchev–Trinajstić information content (AvgIpc) is 2.38. The maximum absolute atomic E-state index is 11.1. The Morgan fingerprint density at radius 2 is 2.21 bits per heavy atom. The summed E-state index contributed by atoms with van der Waals surface area (Å²) >= 11 is 4.39. The monoisotopic (exact) mass is 335 g/mol. The summed E-state index contributed by atoms with van der Waals surface area (Å²) in [5, 5.41) is 18.2. The van der Waals surface area contributed by atoms with Crippen LogP contribution in [0, 0.1) is 11.3 Å². The first-order valence-electron chi connectivity index (χ1n) is 5.04. The van der Waals surface area contributed by atoms with Crippen molar-refractivity contribution in [3.05, 3.63) is 46.2 Å². The third kappa shape index (κ3) is 3.30. The van der Waals surface area contributed by atoms with Crippen LogP contribution in [0.2, 0.25) is 0 Å². The molecular weight excluding hydrogens is 330 g/mol. The number of halogens is 1. The molecule has 0 aliphatic rings. The lowest BCUT2D eigenvalue weighted by Crippen LogP contribution is -1.99. The van der Waals surface area contributed by atoms with Crippen LogP contribution in [0.5, 0.6) is 0 Å². The predicted molar refractivity (Wildman–Crippen MR) is 72.0 cm³/mol. The summed E-state index contributed by atoms with van der Waals surface area (Å²) < 4.78 is 0.761. The van der Waals surface area contributed by atoms with Gasteiger partial charge in [0.25, 0.3) is 0 Å². The standard InChI is InChI=1S/C12H6BrN3O2S/c13-7-1-2-9(11(17)18)10(5-7)19-12-15-4-3-8(6-14)16-12/h1-5H,(H,17,18). The smallest absolute Gasteiger partial charge is 0.336 e. The lowest BCUT2D eigenvalue weighted by atomic mass is 10.2. The number of carbonyl (C=O) groups is 1. The van der Waals surface area contributed by atoms with E-state index in [1.54, 1.807) is 12.1 Å². The van der Waals surface area contributed by atoms with Crippen LogP contribution in [0.1, 0.15) is 16.1 Å². The van der Waals surface area contributed by atoms with E-state index < -0.39 is 5.97 Å². The third-order valence-corrected chi connectivity index (χ3v) is 3.55. The Kier molecular flexibility index (Phi) is 4.14. The van der Waals surface area contributed by atoms with Crippen LogP contribution in [-0.2, 0) is 0 Å². The highest BCUT2D eigenvalue weighted by Gasteiger charge is 2.13. The lowest BCUT2D eigenvalue weighted by molar-refractivity contribution is 0.0693. The van der Waals surface area contributed by atoms with Gasteiger partial charge in [0.1, 0.15) is 11.8 Å². The van der Waals surface area contributed by atoms with Crippen LogP contribution < -0.4 is 0 Å². The number of rotatable bonds is 3. The Morgan fingerprint density at radius 3 is 2.89 bits per heavy atom. The van der Waals surface area contributed by atoms with Gasteiger partial charge in [0.05, 0.1) is 5.56 Å². The first-order chi connectivity index (χ1) is 9.10. The molecule has 0 bridgehead atoms. The highest BCUT2D eigenvalue weighted by molar-refractivity contribution is 9.10. The average molecular weight is 336 g/mol. The SMILES string of the molecule is N#Cc1ccnc(Sc2cc(Br)ccc2C(=O)O)n1. The molecule has 1 heterocycles. The number of nitrogens with zero attached hydrogens (tertiary/aromatic N) is 3. The molecule has 94 valence electrons. The first-order valence-corrected chi connectivity index (χ1v) is 6.65. The number of hydrogen-bond donors (Lipinski definition) is 1. The summed E-state index contributed by atoms with van der Waals surface area (Å²) in [6.45, 7) is 0. The van der Waals surface area contributed by atoms with Crippen molar-refractivity contribution in [1.82, 2.24) is 9.97 Å². The van der Waals surface area contributed by atoms with Crippen LogP contribution in [0.3, 0.4) is 0 Å². The van der Waals surface area contributed by atoms with E-state index >= 15 is 0 Å². The van der Waals surface area contributed by atoms with Crippen molar-refractivity contribution in [3.63, 3.8) is 0 Å². The Hall–Kier alpha value is -1.91. The molecule has 0 atom stereocenters. The molecular formula is C12H6BrN3O2S. The summed E-state index contributed by atoms with van der Waals surface area (Å²) in [6, 6.07) is 8.23. The molecule has 0 amide bonds. The molecule has 0 unspecified atom stereocenters. The largest absolute Gasteiger partial charge is 0.478 e. The maximum Gasteiger partial charge on any atom is 0.336 e. The quantitative estimate of drug-likeness (QED) is 0.867. The van der Waals surface area contributed by atoms with Gasteiger partial charge in [-0.1, -0.05) is 15.9 Å². The summed E-state index contributed by atoms with van der Waals surface area (Å²) in [5.41, 5.74) is 0.406. The van der Waals surface area contributed by atoms with Crippen LogP contribution in [0.4, 0.5) is 0 Å². The van der Waals surface area contributed by atoms with Crippen molar-refractivity contribution in [2.75, 3.05) is 0 Å². The fourth-order valence-corrected chi connectivity index (χ4v) is 2.73. The molecule has 1 aromatic heterocycles. The zero-order chi connectivity index (χ0) is 13.8. The number of nitriles is 1. The molecule has 7 heteroatoms. The summed E-state index contributed by atoms with van der Waals surface area (Å²) in [7, 11) is 0. The van der Waals surface area contributed by atoms with Gasteiger partial charge in [0, 0.05) is 15.6 Å². The van der Waals surface area contributed by atoms with E-state index in [4.69, 9.17) is 10.4 Å². The Balaban J connectivity index is 2.40. The maximum atomic E-state index is 11.1. The zero-order valence-electron chi connectivity index (χ0n) is 9.37. The van der Waals surface area contributed by atoms with Crippen LogP contribution in [0.15, 0.2) is 45.0 Å². The minimum Gasteiger partial charge on any atom is -0.478 e. The normalized spacial score (nSPS) is 9.89. The van der Waals surface area contributed by atoms with Crippen molar-refractivity contribution < 1.29 is 9.90 Å². The van der Waals surface area contributed by atoms with Crippen LogP contribution in [-0.4, -0.2) is 21.0 Å². The van der Waals surface area contributed by atoms with Gasteiger partial charge in [-0.3, -0.25) is 0 Å². The predicted octanol–water partition coefficient (Wildman–Crippen LogP) is 2.96. The van der Waals surface area contributed by atoms with Crippen LogP contribution >= 0.6 is 27.7 Å². The Labute approximate surface area is 121 Å². The van der Waals surface area contributed by atoms with Crippen molar-refractivity contribution in [2.24, 2.45) is 0 Å². The fraction of sp³-hybridized carbons (Fsp3) is 0. The minimum atomic E-state index is -1.02. The summed E-state index contributed by atoms with van der Waals surface area (Å²) in [4.78, 5) is 19.6. The molecule has 0 aliphatic heterocycles. The number of hydrogen-bond acceptors (Lipinski definition) is 5. The van der Waals surface area contributed by atoms with E-state index in [9.17, 15) is 4.79 Å². The molecule has 0 saturated heterocycles. The van der Waals surface area contributed by atoms with Gasteiger partial charge in [-0.15, -0.1) is 0 Å². The molecule has 5 nitrogen and oxygen atoms in total. The number of aromatic carboxylic acids is 1. The van der Waals surface area contributed by atoms with Crippen molar-refractivity contribution in [3.8, 4) is 6.07 Å². The van der Waals surface area contributed by atoms with Gasteiger partial charge in [0.2, 0.25) is 0 Å². The van der Waals surface area contributed by atoms with Gasteiger partial charge in [-0.25, -0.2) is 14.8 Å². The molecule has 0 spiro atoms. The van der Waals surface area contributed by atoms with Gasteiger partial charge in [0.15, 0.2) is 5.16 Å². The topological polar surface area (TPSA) is 86.9 Å².